The van der Waals surface area contributed by atoms with Crippen molar-refractivity contribution in [3.63, 3.8) is 0 Å². The van der Waals surface area contributed by atoms with E-state index in [1.54, 1.807) is 5.56 Å². The molecule has 0 radical (unpaired) electrons. The number of nitrogens with zero attached hydrogens (tertiary/aromatic N) is 1. The van der Waals surface area contributed by atoms with Crippen LogP contribution in [0.15, 0.2) is 30.3 Å². The fraction of sp³-hybridized carbons (Fsp3) is 0.739. The Kier molecular flexibility index (Phi) is 2.75. The molecule has 134 valence electrons. The molecule has 2 N–H and O–H groups in total. The molecule has 5 fully saturated rings. The lowest BCUT2D eigenvalue weighted by molar-refractivity contribution is -0.319. The molecular weight excluding hydrogens is 304 g/mol. The molecule has 2 nitrogen and oxygen atoms in total. The molecule has 4 saturated carbocycles. The second kappa shape index (κ2) is 4.51. The van der Waals surface area contributed by atoms with E-state index in [1.807, 2.05) is 0 Å². The Morgan fingerprint density at radius 1 is 1.04 bits per heavy atom. The zero-order valence-corrected chi connectivity index (χ0v) is 15.6. The van der Waals surface area contributed by atoms with Crippen LogP contribution in [0.3, 0.4) is 0 Å². The van der Waals surface area contributed by atoms with Gasteiger partial charge in [-0.25, -0.2) is 0 Å². The molecule has 1 heterocycles. The number of likely N-dealkylation sites (tertiary alicyclic amines) is 1. The van der Waals surface area contributed by atoms with Crippen molar-refractivity contribution in [1.82, 2.24) is 4.90 Å². The lowest BCUT2D eigenvalue weighted by Gasteiger charge is -2.84. The first-order chi connectivity index (χ1) is 12.0. The highest BCUT2D eigenvalue weighted by Gasteiger charge is 2.90. The summed E-state index contributed by atoms with van der Waals surface area (Å²) >= 11 is 0. The van der Waals surface area contributed by atoms with Gasteiger partial charge in [0.05, 0.1) is 0 Å². The Balaban J connectivity index is 1.36. The second-order valence-electron chi connectivity index (χ2n) is 10.6. The van der Waals surface area contributed by atoms with Crippen molar-refractivity contribution in [2.45, 2.75) is 63.3 Å². The Bertz CT molecular complexity index is 708. The summed E-state index contributed by atoms with van der Waals surface area (Å²) in [5.41, 5.74) is 10.2. The van der Waals surface area contributed by atoms with Gasteiger partial charge in [0.15, 0.2) is 0 Å². The summed E-state index contributed by atoms with van der Waals surface area (Å²) in [4.78, 5) is 2.78. The fourth-order valence-corrected chi connectivity index (χ4v) is 9.41. The van der Waals surface area contributed by atoms with Crippen molar-refractivity contribution in [1.29, 1.82) is 0 Å². The number of hydrogen-bond donors (Lipinski definition) is 1. The van der Waals surface area contributed by atoms with Gasteiger partial charge in [0.1, 0.15) is 0 Å². The Morgan fingerprint density at radius 2 is 1.80 bits per heavy atom. The van der Waals surface area contributed by atoms with Gasteiger partial charge in [-0.05, 0) is 85.8 Å². The van der Waals surface area contributed by atoms with Crippen LogP contribution in [0.2, 0.25) is 0 Å². The van der Waals surface area contributed by atoms with Gasteiger partial charge in [-0.15, -0.1) is 0 Å². The maximum atomic E-state index is 6.16. The third kappa shape index (κ3) is 1.53. The van der Waals surface area contributed by atoms with Gasteiger partial charge in [0.2, 0.25) is 0 Å². The first kappa shape index (κ1) is 15.2. The summed E-state index contributed by atoms with van der Waals surface area (Å²) in [6, 6.07) is 12.0. The molecule has 25 heavy (non-hydrogen) atoms. The van der Waals surface area contributed by atoms with Crippen LogP contribution < -0.4 is 5.73 Å². The standard InChI is InChI=1S/C23H32N2/c1-20-11-17-12-21(16-25-9-7-19(24)8-10-25)15-22(14-20,23(20,21)13-17)18-5-3-2-4-6-18/h2-6,17,19H,7-16,24H2,1H3. The molecule has 1 spiro atoms. The monoisotopic (exact) mass is 336 g/mol. The van der Waals surface area contributed by atoms with Crippen LogP contribution in [0.4, 0.5) is 0 Å². The normalized spacial score (nSPS) is 51.0. The molecule has 0 aromatic heterocycles. The minimum Gasteiger partial charge on any atom is -0.328 e. The Morgan fingerprint density at radius 3 is 2.52 bits per heavy atom. The Labute approximate surface area is 152 Å². The largest absolute Gasteiger partial charge is 0.328 e. The van der Waals surface area contributed by atoms with E-state index in [9.17, 15) is 0 Å². The molecule has 1 saturated heterocycles. The molecule has 5 atom stereocenters. The fourth-order valence-electron chi connectivity index (χ4n) is 9.41. The summed E-state index contributed by atoms with van der Waals surface area (Å²) in [5, 5.41) is 0. The van der Waals surface area contributed by atoms with Crippen LogP contribution in [0, 0.1) is 22.2 Å². The van der Waals surface area contributed by atoms with E-state index in [4.69, 9.17) is 5.73 Å². The number of fused-ring (bicyclic) bond motifs is 1. The topological polar surface area (TPSA) is 29.3 Å². The van der Waals surface area contributed by atoms with Gasteiger partial charge >= 0.3 is 0 Å². The van der Waals surface area contributed by atoms with Crippen molar-refractivity contribution in [2.75, 3.05) is 19.6 Å². The number of benzene rings is 1. The van der Waals surface area contributed by atoms with Crippen LogP contribution >= 0.6 is 0 Å². The molecule has 1 aliphatic heterocycles. The number of piperidine rings is 1. The molecule has 2 bridgehead atoms. The van der Waals surface area contributed by atoms with Gasteiger partial charge in [0, 0.05) is 18.0 Å². The number of hydrogen-bond acceptors (Lipinski definition) is 2. The van der Waals surface area contributed by atoms with E-state index in [0.717, 1.165) is 5.92 Å². The third-order valence-electron chi connectivity index (χ3n) is 9.58. The molecule has 2 heteroatoms. The lowest BCUT2D eigenvalue weighted by Crippen LogP contribution is -2.81. The van der Waals surface area contributed by atoms with Crippen LogP contribution in [0.1, 0.15) is 57.4 Å². The van der Waals surface area contributed by atoms with Gasteiger partial charge in [-0.3, -0.25) is 0 Å². The average Bonchev–Trinajstić information content (AvgIpc) is 3.03. The summed E-state index contributed by atoms with van der Waals surface area (Å²) in [7, 11) is 0. The van der Waals surface area contributed by atoms with Gasteiger partial charge in [0.25, 0.3) is 0 Å². The molecule has 0 amide bonds. The summed E-state index contributed by atoms with van der Waals surface area (Å²) in [6.07, 6.45) is 9.85. The van der Waals surface area contributed by atoms with Crippen molar-refractivity contribution < 1.29 is 0 Å². The molecular formula is C23H32N2. The minimum atomic E-state index is 0.450. The molecule has 1 aromatic carbocycles. The van der Waals surface area contributed by atoms with E-state index in [2.05, 4.69) is 42.2 Å². The Hall–Kier alpha value is -0.860. The number of rotatable bonds is 3. The lowest BCUT2D eigenvalue weighted by atomic mass is 9.19. The molecule has 4 aliphatic carbocycles. The van der Waals surface area contributed by atoms with Crippen LogP contribution in [-0.4, -0.2) is 30.6 Å². The third-order valence-corrected chi connectivity index (χ3v) is 9.58. The van der Waals surface area contributed by atoms with Crippen molar-refractivity contribution in [3.05, 3.63) is 35.9 Å². The second-order valence-corrected chi connectivity index (χ2v) is 10.6. The van der Waals surface area contributed by atoms with E-state index in [0.29, 0.717) is 27.7 Å². The quantitative estimate of drug-likeness (QED) is 0.905. The van der Waals surface area contributed by atoms with E-state index < -0.39 is 0 Å². The highest BCUT2D eigenvalue weighted by atomic mass is 15.2. The maximum absolute atomic E-state index is 6.16. The van der Waals surface area contributed by atoms with Crippen LogP contribution in [0.5, 0.6) is 0 Å². The summed E-state index contributed by atoms with van der Waals surface area (Å²) < 4.78 is 0. The van der Waals surface area contributed by atoms with Crippen molar-refractivity contribution in [2.24, 2.45) is 27.9 Å². The molecule has 5 aliphatic rings. The SMILES string of the molecule is CC12CC3CC4(CN5CCC(N)CC5)CC(c5ccccc5)(C1)C24C3. The summed E-state index contributed by atoms with van der Waals surface area (Å²) in [6.45, 7) is 6.48. The zero-order valence-electron chi connectivity index (χ0n) is 15.6. The van der Waals surface area contributed by atoms with Crippen molar-refractivity contribution in [3.8, 4) is 0 Å². The maximum Gasteiger partial charge on any atom is 0.00631 e. The molecule has 1 aromatic rings. The highest BCUT2D eigenvalue weighted by molar-refractivity contribution is 5.50. The molecule has 6 rings (SSSR count). The van der Waals surface area contributed by atoms with Crippen molar-refractivity contribution >= 4 is 0 Å². The van der Waals surface area contributed by atoms with E-state index in [-0.39, 0.29) is 0 Å². The molecule has 5 unspecified atom stereocenters. The average molecular weight is 337 g/mol. The number of nitrogens with two attached hydrogens (primary N) is 1. The smallest absolute Gasteiger partial charge is 0.00631 e. The first-order valence-corrected chi connectivity index (χ1v) is 10.6. The van der Waals surface area contributed by atoms with Gasteiger partial charge < -0.3 is 10.6 Å². The van der Waals surface area contributed by atoms with Crippen LogP contribution in [0.25, 0.3) is 0 Å². The van der Waals surface area contributed by atoms with Gasteiger partial charge in [-0.1, -0.05) is 37.3 Å². The van der Waals surface area contributed by atoms with E-state index >= 15 is 0 Å². The zero-order chi connectivity index (χ0) is 16.9. The minimum absolute atomic E-state index is 0.450. The van der Waals surface area contributed by atoms with Crippen LogP contribution in [-0.2, 0) is 5.41 Å². The summed E-state index contributed by atoms with van der Waals surface area (Å²) in [5.74, 6) is 1.00. The highest BCUT2D eigenvalue weighted by Crippen LogP contribution is 2.95. The van der Waals surface area contributed by atoms with E-state index in [1.165, 1.54) is 64.6 Å². The first-order valence-electron chi connectivity index (χ1n) is 10.6. The van der Waals surface area contributed by atoms with Gasteiger partial charge in [-0.2, -0.15) is 0 Å². The predicted molar refractivity (Wildman–Crippen MR) is 101 cm³/mol. The predicted octanol–water partition coefficient (Wildman–Crippen LogP) is 3.95.